The molecule has 2 N–H and O–H groups in total. The van der Waals surface area contributed by atoms with Crippen molar-refractivity contribution in [2.24, 2.45) is 0 Å². The fraction of sp³-hybridized carbons (Fsp3) is 0.235. The zero-order valence-corrected chi connectivity index (χ0v) is 12.5. The maximum absolute atomic E-state index is 5.75. The second-order valence-corrected chi connectivity index (χ2v) is 5.58. The first kappa shape index (κ1) is 13.9. The Bertz CT molecular complexity index is 594. The zero-order valence-electron chi connectivity index (χ0n) is 11.7. The fourth-order valence-corrected chi connectivity index (χ4v) is 2.24. The quantitative estimate of drug-likeness (QED) is 0.824. The Labute approximate surface area is 130 Å². The summed E-state index contributed by atoms with van der Waals surface area (Å²) in [6, 6.07) is 18.6. The molecule has 4 heteroatoms. The van der Waals surface area contributed by atoms with E-state index in [1.165, 1.54) is 12.8 Å². The van der Waals surface area contributed by atoms with Crippen LogP contribution in [0.2, 0.25) is 0 Å². The lowest BCUT2D eigenvalue weighted by atomic mass is 10.2. The summed E-state index contributed by atoms with van der Waals surface area (Å²) in [6.45, 7) is 0.579. The summed E-state index contributed by atoms with van der Waals surface area (Å²) < 4.78 is 5.75. The van der Waals surface area contributed by atoms with Crippen LogP contribution in [-0.4, -0.2) is 11.2 Å². The van der Waals surface area contributed by atoms with Crippen molar-refractivity contribution in [2.75, 3.05) is 5.32 Å². The second kappa shape index (κ2) is 6.59. The van der Waals surface area contributed by atoms with Gasteiger partial charge in [0.1, 0.15) is 12.4 Å². The van der Waals surface area contributed by atoms with Crippen molar-refractivity contribution >= 4 is 23.0 Å². The van der Waals surface area contributed by atoms with Gasteiger partial charge in [0, 0.05) is 11.7 Å². The molecule has 1 saturated carbocycles. The molecule has 1 aliphatic rings. The maximum atomic E-state index is 5.75. The van der Waals surface area contributed by atoms with Gasteiger partial charge in [0.05, 0.1) is 0 Å². The van der Waals surface area contributed by atoms with Gasteiger partial charge in [0.2, 0.25) is 0 Å². The van der Waals surface area contributed by atoms with Crippen molar-refractivity contribution in [1.29, 1.82) is 0 Å². The van der Waals surface area contributed by atoms with Gasteiger partial charge < -0.3 is 15.4 Å². The van der Waals surface area contributed by atoms with Crippen LogP contribution >= 0.6 is 12.2 Å². The number of nitrogens with one attached hydrogen (secondary N) is 2. The molecule has 0 unspecified atom stereocenters. The molecule has 0 aliphatic heterocycles. The Balaban J connectivity index is 1.50. The molecule has 3 rings (SSSR count). The minimum absolute atomic E-state index is 0.568. The first-order valence-corrected chi connectivity index (χ1v) is 7.55. The molecule has 1 aliphatic carbocycles. The van der Waals surface area contributed by atoms with E-state index in [1.54, 1.807) is 0 Å². The van der Waals surface area contributed by atoms with Gasteiger partial charge >= 0.3 is 0 Å². The molecule has 0 atom stereocenters. The summed E-state index contributed by atoms with van der Waals surface area (Å²) in [5.74, 6) is 0.852. The molecule has 3 nitrogen and oxygen atoms in total. The molecule has 0 spiro atoms. The first-order valence-electron chi connectivity index (χ1n) is 7.14. The monoisotopic (exact) mass is 298 g/mol. The van der Waals surface area contributed by atoms with Gasteiger partial charge in [-0.3, -0.25) is 0 Å². The number of anilines is 1. The molecule has 0 radical (unpaired) electrons. The van der Waals surface area contributed by atoms with Crippen LogP contribution in [-0.2, 0) is 6.61 Å². The third kappa shape index (κ3) is 4.46. The van der Waals surface area contributed by atoms with Crippen molar-refractivity contribution in [3.63, 3.8) is 0 Å². The van der Waals surface area contributed by atoms with Crippen LogP contribution in [0.3, 0.4) is 0 Å². The molecule has 21 heavy (non-hydrogen) atoms. The third-order valence-corrected chi connectivity index (χ3v) is 3.49. The average molecular weight is 298 g/mol. The molecule has 0 saturated heterocycles. The van der Waals surface area contributed by atoms with E-state index >= 15 is 0 Å². The van der Waals surface area contributed by atoms with E-state index in [-0.39, 0.29) is 0 Å². The normalized spacial score (nSPS) is 13.5. The Hall–Kier alpha value is -2.07. The fourth-order valence-electron chi connectivity index (χ4n) is 1.96. The van der Waals surface area contributed by atoms with Gasteiger partial charge in [0.15, 0.2) is 5.11 Å². The van der Waals surface area contributed by atoms with Crippen molar-refractivity contribution in [3.05, 3.63) is 60.2 Å². The van der Waals surface area contributed by atoms with E-state index in [9.17, 15) is 0 Å². The number of benzene rings is 2. The number of hydrogen-bond donors (Lipinski definition) is 2. The molecular weight excluding hydrogens is 280 g/mol. The number of hydrogen-bond acceptors (Lipinski definition) is 2. The Morgan fingerprint density at radius 2 is 1.76 bits per heavy atom. The first-order chi connectivity index (χ1) is 10.3. The van der Waals surface area contributed by atoms with E-state index in [4.69, 9.17) is 17.0 Å². The van der Waals surface area contributed by atoms with E-state index in [2.05, 4.69) is 22.8 Å². The molecule has 2 aromatic rings. The molecule has 2 aromatic carbocycles. The predicted octanol–water partition coefficient (Wildman–Crippen LogP) is 3.71. The minimum Gasteiger partial charge on any atom is -0.489 e. The molecular formula is C17H18N2OS. The average Bonchev–Trinajstić information content (AvgIpc) is 3.31. The van der Waals surface area contributed by atoms with Crippen LogP contribution in [0.5, 0.6) is 5.75 Å². The summed E-state index contributed by atoms with van der Waals surface area (Å²) >= 11 is 5.25. The maximum Gasteiger partial charge on any atom is 0.170 e. The molecule has 0 bridgehead atoms. The summed E-state index contributed by atoms with van der Waals surface area (Å²) in [7, 11) is 0. The number of thiocarbonyl (C=S) groups is 1. The van der Waals surface area contributed by atoms with Gasteiger partial charge in [-0.25, -0.2) is 0 Å². The minimum atomic E-state index is 0.568. The summed E-state index contributed by atoms with van der Waals surface area (Å²) in [6.07, 6.45) is 2.43. The van der Waals surface area contributed by atoms with Gasteiger partial charge in [-0.05, 0) is 54.9 Å². The topological polar surface area (TPSA) is 33.3 Å². The molecule has 0 amide bonds. The van der Waals surface area contributed by atoms with Gasteiger partial charge in [-0.2, -0.15) is 0 Å². The van der Waals surface area contributed by atoms with E-state index in [0.717, 1.165) is 17.0 Å². The standard InChI is InChI=1S/C17H18N2OS/c21-17(18-14-6-7-14)19-15-8-10-16(11-9-15)20-12-13-4-2-1-3-5-13/h1-5,8-11,14H,6-7,12H2,(H2,18,19,21). The predicted molar refractivity (Wildman–Crippen MR) is 89.6 cm³/mol. The van der Waals surface area contributed by atoms with E-state index in [0.29, 0.717) is 17.8 Å². The number of rotatable bonds is 5. The van der Waals surface area contributed by atoms with Crippen LogP contribution in [0.4, 0.5) is 5.69 Å². The van der Waals surface area contributed by atoms with Crippen LogP contribution in [0.25, 0.3) is 0 Å². The lowest BCUT2D eigenvalue weighted by Gasteiger charge is -2.11. The van der Waals surface area contributed by atoms with Gasteiger partial charge in [-0.1, -0.05) is 30.3 Å². The highest BCUT2D eigenvalue weighted by atomic mass is 32.1. The second-order valence-electron chi connectivity index (χ2n) is 5.17. The highest BCUT2D eigenvalue weighted by molar-refractivity contribution is 7.80. The Morgan fingerprint density at radius 3 is 2.43 bits per heavy atom. The smallest absolute Gasteiger partial charge is 0.170 e. The summed E-state index contributed by atoms with van der Waals surface area (Å²) in [5, 5.41) is 7.12. The van der Waals surface area contributed by atoms with Crippen LogP contribution in [0, 0.1) is 0 Å². The van der Waals surface area contributed by atoms with E-state index < -0.39 is 0 Å². The van der Waals surface area contributed by atoms with Crippen molar-refractivity contribution in [3.8, 4) is 5.75 Å². The van der Waals surface area contributed by atoms with Crippen molar-refractivity contribution < 1.29 is 4.74 Å². The van der Waals surface area contributed by atoms with Gasteiger partial charge in [0.25, 0.3) is 0 Å². The summed E-state index contributed by atoms with van der Waals surface area (Å²) in [5.41, 5.74) is 2.13. The molecule has 1 fully saturated rings. The highest BCUT2D eigenvalue weighted by Gasteiger charge is 2.21. The summed E-state index contributed by atoms with van der Waals surface area (Å²) in [4.78, 5) is 0. The van der Waals surface area contributed by atoms with Crippen LogP contribution in [0.15, 0.2) is 54.6 Å². The van der Waals surface area contributed by atoms with Crippen LogP contribution < -0.4 is 15.4 Å². The molecule has 0 aromatic heterocycles. The Kier molecular flexibility index (Phi) is 4.36. The van der Waals surface area contributed by atoms with Gasteiger partial charge in [-0.15, -0.1) is 0 Å². The van der Waals surface area contributed by atoms with Crippen LogP contribution in [0.1, 0.15) is 18.4 Å². The lowest BCUT2D eigenvalue weighted by Crippen LogP contribution is -2.30. The third-order valence-electron chi connectivity index (χ3n) is 3.27. The van der Waals surface area contributed by atoms with Crippen molar-refractivity contribution in [2.45, 2.75) is 25.5 Å². The lowest BCUT2D eigenvalue weighted by molar-refractivity contribution is 0.306. The largest absolute Gasteiger partial charge is 0.489 e. The molecule has 108 valence electrons. The van der Waals surface area contributed by atoms with E-state index in [1.807, 2.05) is 42.5 Å². The Morgan fingerprint density at radius 1 is 1.05 bits per heavy atom. The number of ether oxygens (including phenoxy) is 1. The SMILES string of the molecule is S=C(Nc1ccc(OCc2ccccc2)cc1)NC1CC1. The van der Waals surface area contributed by atoms with Crippen molar-refractivity contribution in [1.82, 2.24) is 5.32 Å². The molecule has 0 heterocycles. The highest BCUT2D eigenvalue weighted by Crippen LogP contribution is 2.20. The zero-order chi connectivity index (χ0) is 14.5.